The van der Waals surface area contributed by atoms with E-state index in [0.717, 1.165) is 5.56 Å². The Bertz CT molecular complexity index is 658. The number of amides is 1. The van der Waals surface area contributed by atoms with Crippen molar-refractivity contribution in [3.8, 4) is 0 Å². The summed E-state index contributed by atoms with van der Waals surface area (Å²) in [5, 5.41) is 2.30. The normalized spacial score (nSPS) is 10.1. The molecule has 2 aromatic rings. The third-order valence-corrected chi connectivity index (χ3v) is 2.86. The van der Waals surface area contributed by atoms with Crippen LogP contribution in [0.5, 0.6) is 0 Å². The smallest absolute Gasteiger partial charge is 0.222 e. The molecule has 5 nitrogen and oxygen atoms in total. The summed E-state index contributed by atoms with van der Waals surface area (Å²) in [5.41, 5.74) is 2.03. The first-order valence-corrected chi connectivity index (χ1v) is 6.40. The molecule has 0 aromatic carbocycles. The number of hydrogen-bond donors (Lipinski definition) is 2. The summed E-state index contributed by atoms with van der Waals surface area (Å²) in [7, 11) is 0. The number of carbonyl (C=O) groups is 2. The summed E-state index contributed by atoms with van der Waals surface area (Å²) in [5.74, 6) is 0.295. The first-order chi connectivity index (χ1) is 9.56. The lowest BCUT2D eigenvalue weighted by Gasteiger charge is -2.07. The lowest BCUT2D eigenvalue weighted by Crippen LogP contribution is -2.08. The zero-order valence-electron chi connectivity index (χ0n) is 10.8. The number of aromatic nitrogens is 2. The van der Waals surface area contributed by atoms with Crippen LogP contribution in [0.4, 0.5) is 5.82 Å². The van der Waals surface area contributed by atoms with E-state index >= 15 is 0 Å². The van der Waals surface area contributed by atoms with Gasteiger partial charge in [-0.1, -0.05) is 0 Å². The van der Waals surface area contributed by atoms with E-state index in [-0.39, 0.29) is 11.0 Å². The first-order valence-electron chi connectivity index (χ1n) is 5.96. The molecule has 0 fully saturated rings. The molecule has 0 unspecified atom stereocenters. The number of thiol groups is 1. The predicted molar refractivity (Wildman–Crippen MR) is 78.9 cm³/mol. The molecule has 0 aliphatic carbocycles. The second kappa shape index (κ2) is 6.29. The second-order valence-electron chi connectivity index (χ2n) is 4.21. The fraction of sp³-hybridized carbons (Fsp3) is 0.143. The highest BCUT2D eigenvalue weighted by Gasteiger charge is 2.10. The number of nitrogens with zero attached hydrogens (tertiary/aromatic N) is 2. The van der Waals surface area contributed by atoms with Crippen LogP contribution in [0.1, 0.15) is 28.5 Å². The Labute approximate surface area is 121 Å². The van der Waals surface area contributed by atoms with Crippen molar-refractivity contribution in [3.63, 3.8) is 0 Å². The average molecular weight is 287 g/mol. The standard InChI is InChI=1S/C14H13N3O2S/c1-9(18)17-13-8-10(4-6-16-13)7-12-11(14(19)20)3-2-5-15-12/h2-6,8H,7H2,1H3,(H,19,20)(H,16,17,18). The topological polar surface area (TPSA) is 72.0 Å². The largest absolute Gasteiger partial charge is 0.311 e. The average Bonchev–Trinajstić information content (AvgIpc) is 2.38. The molecule has 6 heteroatoms. The van der Waals surface area contributed by atoms with Crippen LogP contribution in [0.15, 0.2) is 36.7 Å². The van der Waals surface area contributed by atoms with Gasteiger partial charge in [0, 0.05) is 25.7 Å². The zero-order valence-corrected chi connectivity index (χ0v) is 11.7. The molecule has 0 saturated carbocycles. The van der Waals surface area contributed by atoms with Gasteiger partial charge in [0.25, 0.3) is 0 Å². The molecule has 0 bridgehead atoms. The van der Waals surface area contributed by atoms with Crippen molar-refractivity contribution in [2.75, 3.05) is 5.32 Å². The van der Waals surface area contributed by atoms with Gasteiger partial charge in [0.2, 0.25) is 11.0 Å². The molecule has 2 aromatic heterocycles. The monoisotopic (exact) mass is 287 g/mol. The molecule has 0 aliphatic rings. The molecule has 0 spiro atoms. The number of anilines is 1. The van der Waals surface area contributed by atoms with E-state index in [4.69, 9.17) is 0 Å². The van der Waals surface area contributed by atoms with Gasteiger partial charge in [-0.15, -0.1) is 12.6 Å². The van der Waals surface area contributed by atoms with E-state index in [1.165, 1.54) is 6.92 Å². The Morgan fingerprint density at radius 3 is 2.75 bits per heavy atom. The first kappa shape index (κ1) is 14.2. The van der Waals surface area contributed by atoms with Gasteiger partial charge in [0.15, 0.2) is 0 Å². The molecule has 2 heterocycles. The maximum Gasteiger partial charge on any atom is 0.222 e. The van der Waals surface area contributed by atoms with Crippen molar-refractivity contribution in [1.82, 2.24) is 9.97 Å². The number of nitrogens with one attached hydrogen (secondary N) is 1. The van der Waals surface area contributed by atoms with Gasteiger partial charge in [-0.2, -0.15) is 0 Å². The zero-order chi connectivity index (χ0) is 14.5. The quantitative estimate of drug-likeness (QED) is 0.845. The summed E-state index contributed by atoms with van der Waals surface area (Å²) in [4.78, 5) is 30.7. The molecule has 0 aliphatic heterocycles. The van der Waals surface area contributed by atoms with E-state index in [2.05, 4.69) is 27.9 Å². The lowest BCUT2D eigenvalue weighted by molar-refractivity contribution is -0.114. The minimum Gasteiger partial charge on any atom is -0.311 e. The molecule has 102 valence electrons. The summed E-state index contributed by atoms with van der Waals surface area (Å²) >= 11 is 3.84. The molecular weight excluding hydrogens is 274 g/mol. The van der Waals surface area contributed by atoms with Gasteiger partial charge in [0.05, 0.1) is 11.3 Å². The van der Waals surface area contributed by atoms with Crippen LogP contribution in [-0.2, 0) is 11.2 Å². The summed E-state index contributed by atoms with van der Waals surface area (Å²) in [6.07, 6.45) is 3.70. The Hall–Kier alpha value is -2.21. The Balaban J connectivity index is 2.26. The van der Waals surface area contributed by atoms with Crippen LogP contribution in [-0.4, -0.2) is 21.0 Å². The minimum absolute atomic E-state index is 0.182. The van der Waals surface area contributed by atoms with Crippen molar-refractivity contribution in [2.45, 2.75) is 13.3 Å². The molecule has 0 saturated heterocycles. The molecule has 0 radical (unpaired) electrons. The highest BCUT2D eigenvalue weighted by Crippen LogP contribution is 2.15. The molecule has 2 rings (SSSR count). The number of carbonyl (C=O) groups excluding carboxylic acids is 2. The van der Waals surface area contributed by atoms with Crippen LogP contribution in [0.25, 0.3) is 0 Å². The maximum absolute atomic E-state index is 11.4. The highest BCUT2D eigenvalue weighted by molar-refractivity contribution is 7.97. The van der Waals surface area contributed by atoms with Gasteiger partial charge in [0.1, 0.15) is 5.82 Å². The van der Waals surface area contributed by atoms with Crippen molar-refractivity contribution in [1.29, 1.82) is 0 Å². The third kappa shape index (κ3) is 3.64. The maximum atomic E-state index is 11.4. The lowest BCUT2D eigenvalue weighted by atomic mass is 10.1. The van der Waals surface area contributed by atoms with Gasteiger partial charge in [-0.25, -0.2) is 4.98 Å². The third-order valence-electron chi connectivity index (χ3n) is 2.62. The van der Waals surface area contributed by atoms with Crippen LogP contribution in [0.3, 0.4) is 0 Å². The SMILES string of the molecule is CC(=O)Nc1cc(Cc2ncccc2C(=O)S)ccn1. The number of pyridine rings is 2. The molecule has 0 atom stereocenters. The van der Waals surface area contributed by atoms with Crippen molar-refractivity contribution in [2.24, 2.45) is 0 Å². The Morgan fingerprint density at radius 1 is 1.25 bits per heavy atom. The van der Waals surface area contributed by atoms with E-state index in [9.17, 15) is 9.59 Å². The number of rotatable bonds is 4. The van der Waals surface area contributed by atoms with Crippen molar-refractivity contribution in [3.05, 3.63) is 53.5 Å². The predicted octanol–water partition coefficient (Wildman–Crippen LogP) is 2.10. The van der Waals surface area contributed by atoms with E-state index < -0.39 is 0 Å². The molecule has 1 N–H and O–H groups in total. The fourth-order valence-electron chi connectivity index (χ4n) is 1.80. The van der Waals surface area contributed by atoms with Crippen molar-refractivity contribution >= 4 is 29.5 Å². The summed E-state index contributed by atoms with van der Waals surface area (Å²) in [6.45, 7) is 1.42. The van der Waals surface area contributed by atoms with E-state index in [0.29, 0.717) is 23.5 Å². The highest BCUT2D eigenvalue weighted by atomic mass is 32.1. The van der Waals surface area contributed by atoms with Gasteiger partial charge in [-0.3, -0.25) is 14.6 Å². The van der Waals surface area contributed by atoms with Gasteiger partial charge >= 0.3 is 0 Å². The Morgan fingerprint density at radius 2 is 2.05 bits per heavy atom. The molecule has 20 heavy (non-hydrogen) atoms. The van der Waals surface area contributed by atoms with Crippen LogP contribution in [0.2, 0.25) is 0 Å². The van der Waals surface area contributed by atoms with E-state index in [1.54, 1.807) is 30.6 Å². The fourth-order valence-corrected chi connectivity index (χ4v) is 2.00. The van der Waals surface area contributed by atoms with Gasteiger partial charge < -0.3 is 5.32 Å². The Kier molecular flexibility index (Phi) is 4.47. The summed E-state index contributed by atoms with van der Waals surface area (Å²) in [6, 6.07) is 6.95. The van der Waals surface area contributed by atoms with E-state index in [1.807, 2.05) is 6.07 Å². The number of hydrogen-bond acceptors (Lipinski definition) is 4. The van der Waals surface area contributed by atoms with Crippen LogP contribution < -0.4 is 5.32 Å². The van der Waals surface area contributed by atoms with Gasteiger partial charge in [-0.05, 0) is 29.8 Å². The van der Waals surface area contributed by atoms with Crippen LogP contribution >= 0.6 is 12.6 Å². The van der Waals surface area contributed by atoms with Crippen molar-refractivity contribution < 1.29 is 9.59 Å². The minimum atomic E-state index is -0.316. The molecule has 1 amide bonds. The van der Waals surface area contributed by atoms with Crippen LogP contribution in [0, 0.1) is 0 Å². The second-order valence-corrected chi connectivity index (χ2v) is 4.62. The summed E-state index contributed by atoms with van der Waals surface area (Å²) < 4.78 is 0. The molecular formula is C14H13N3O2S.